The van der Waals surface area contributed by atoms with Gasteiger partial charge in [0.2, 0.25) is 0 Å². The van der Waals surface area contributed by atoms with Crippen LogP contribution in [0.1, 0.15) is 54.7 Å². The number of carbonyl (C=O) groups excluding carboxylic acids is 1. The fourth-order valence-corrected chi connectivity index (χ4v) is 5.48. The number of hydrogen-bond acceptors (Lipinski definition) is 5. The van der Waals surface area contributed by atoms with Gasteiger partial charge in [-0.15, -0.1) is 0 Å². The van der Waals surface area contributed by atoms with Crippen molar-refractivity contribution < 1.29 is 4.79 Å². The third-order valence-electron chi connectivity index (χ3n) is 7.76. The maximum atomic E-state index is 14.1. The first-order valence-electron chi connectivity index (χ1n) is 14.1. The van der Waals surface area contributed by atoms with Crippen LogP contribution in [0.4, 0.5) is 0 Å². The lowest BCUT2D eigenvalue weighted by atomic mass is 9.95. The first kappa shape index (κ1) is 27.0. The summed E-state index contributed by atoms with van der Waals surface area (Å²) in [7, 11) is 0. The van der Waals surface area contributed by atoms with E-state index < -0.39 is 0 Å². The summed E-state index contributed by atoms with van der Waals surface area (Å²) in [6.45, 7) is 11.3. The van der Waals surface area contributed by atoms with Gasteiger partial charge in [-0.25, -0.2) is 10.4 Å². The smallest absolute Gasteiger partial charge is 0.266 e. The molecule has 1 atom stereocenters. The van der Waals surface area contributed by atoms with Gasteiger partial charge in [0.05, 0.1) is 22.8 Å². The second kappa shape index (κ2) is 12.5. The first-order valence-corrected chi connectivity index (χ1v) is 14.1. The van der Waals surface area contributed by atoms with Crippen molar-refractivity contribution in [3.05, 3.63) is 102 Å². The van der Waals surface area contributed by atoms with Crippen molar-refractivity contribution in [3.8, 4) is 11.3 Å². The molecule has 0 saturated carbocycles. The number of hydrazine groups is 1. The Morgan fingerprint density at radius 2 is 1.51 bits per heavy atom. The number of carbonyl (C=O) groups is 1. The van der Waals surface area contributed by atoms with Crippen LogP contribution in [0, 0.1) is 0 Å². The lowest BCUT2D eigenvalue weighted by Gasteiger charge is -2.37. The number of piperazine rings is 1. The molecular formula is C33H39N5O. The number of hydrogen-bond donors (Lipinski definition) is 2. The Hall–Kier alpha value is -3.58. The number of rotatable bonds is 9. The zero-order valence-electron chi connectivity index (χ0n) is 23.2. The number of nitrogens with zero attached hydrogens (tertiary/aromatic N) is 3. The van der Waals surface area contributed by atoms with Crippen molar-refractivity contribution in [2.24, 2.45) is 0 Å². The molecule has 4 aromatic rings. The van der Waals surface area contributed by atoms with Gasteiger partial charge in [0.25, 0.3) is 5.91 Å². The Bertz CT molecular complexity index is 1380. The molecule has 2 heterocycles. The van der Waals surface area contributed by atoms with E-state index in [0.29, 0.717) is 18.2 Å². The molecule has 0 bridgehead atoms. The molecule has 0 radical (unpaired) electrons. The molecule has 202 valence electrons. The number of pyridine rings is 1. The fourth-order valence-electron chi connectivity index (χ4n) is 5.48. The van der Waals surface area contributed by atoms with Crippen LogP contribution in [0.25, 0.3) is 22.2 Å². The maximum absolute atomic E-state index is 14.1. The number of para-hydroxylation sites is 1. The van der Waals surface area contributed by atoms with E-state index in [1.165, 1.54) is 0 Å². The second-order valence-electron chi connectivity index (χ2n) is 10.6. The van der Waals surface area contributed by atoms with Crippen LogP contribution >= 0.6 is 0 Å². The van der Waals surface area contributed by atoms with Crippen molar-refractivity contribution in [2.45, 2.75) is 45.8 Å². The van der Waals surface area contributed by atoms with E-state index in [2.05, 4.69) is 65.7 Å². The molecule has 0 aliphatic carbocycles. The summed E-state index contributed by atoms with van der Waals surface area (Å²) in [5.41, 5.74) is 11.9. The van der Waals surface area contributed by atoms with Crippen LogP contribution in [0.2, 0.25) is 0 Å². The van der Waals surface area contributed by atoms with E-state index in [9.17, 15) is 4.79 Å². The Balaban J connectivity index is 1.53. The Kier molecular flexibility index (Phi) is 8.67. The summed E-state index contributed by atoms with van der Waals surface area (Å²) in [5, 5.41) is 0.875. The minimum atomic E-state index is -0.129. The van der Waals surface area contributed by atoms with Crippen LogP contribution in [0.5, 0.6) is 0 Å². The van der Waals surface area contributed by atoms with E-state index >= 15 is 0 Å². The van der Waals surface area contributed by atoms with Crippen LogP contribution in [-0.4, -0.2) is 52.9 Å². The number of nitrogens with one attached hydrogen (secondary N) is 2. The van der Waals surface area contributed by atoms with E-state index in [-0.39, 0.29) is 11.9 Å². The summed E-state index contributed by atoms with van der Waals surface area (Å²) in [6.07, 6.45) is 0.851. The molecular weight excluding hydrogens is 482 g/mol. The molecule has 6 nitrogen and oxygen atoms in total. The normalized spacial score (nSPS) is 15.5. The third kappa shape index (κ3) is 6.19. The predicted molar refractivity (Wildman–Crippen MR) is 159 cm³/mol. The van der Waals surface area contributed by atoms with E-state index in [1.54, 1.807) is 0 Å². The maximum Gasteiger partial charge on any atom is 0.266 e. The topological polar surface area (TPSA) is 60.5 Å². The first-order chi connectivity index (χ1) is 19.0. The molecule has 0 spiro atoms. The van der Waals surface area contributed by atoms with Gasteiger partial charge in [0, 0.05) is 55.3 Å². The largest absolute Gasteiger partial charge is 0.298 e. The van der Waals surface area contributed by atoms with Crippen LogP contribution in [0.3, 0.4) is 0 Å². The average molecular weight is 522 g/mol. The Morgan fingerprint density at radius 1 is 0.872 bits per heavy atom. The highest BCUT2D eigenvalue weighted by molar-refractivity contribution is 6.08. The quantitative estimate of drug-likeness (QED) is 0.272. The standard InChI is InChI=1S/C33H39N5O/c1-4-29(25-13-7-5-8-14-25)35-36-33(39)31-27-17-11-12-18-30(27)34-32(26-15-9-6-10-16-26)28(31)23-37-19-21-38(22-20-37)24(2)3/h5-18,24,29,35H,4,19-23H2,1-3H3,(H,36,39). The van der Waals surface area contributed by atoms with E-state index in [1.807, 2.05) is 60.7 Å². The Labute approximate surface area is 232 Å². The molecule has 1 aromatic heterocycles. The van der Waals surface area contributed by atoms with Gasteiger partial charge in [-0.2, -0.15) is 0 Å². The molecule has 2 N–H and O–H groups in total. The number of fused-ring (bicyclic) bond motifs is 1. The minimum Gasteiger partial charge on any atom is -0.298 e. The van der Waals surface area contributed by atoms with Crippen molar-refractivity contribution >= 4 is 16.8 Å². The highest BCUT2D eigenvalue weighted by atomic mass is 16.2. The molecule has 39 heavy (non-hydrogen) atoms. The molecule has 3 aromatic carbocycles. The van der Waals surface area contributed by atoms with Crippen molar-refractivity contribution in [3.63, 3.8) is 0 Å². The van der Waals surface area contributed by atoms with Gasteiger partial charge in [-0.3, -0.25) is 20.0 Å². The zero-order chi connectivity index (χ0) is 27.2. The van der Waals surface area contributed by atoms with Crippen molar-refractivity contribution in [2.75, 3.05) is 26.2 Å². The van der Waals surface area contributed by atoms with E-state index in [4.69, 9.17) is 4.98 Å². The number of amides is 1. The molecule has 1 aliphatic heterocycles. The molecule has 1 unspecified atom stereocenters. The molecule has 1 fully saturated rings. The third-order valence-corrected chi connectivity index (χ3v) is 7.76. The minimum absolute atomic E-state index is 0.0180. The highest BCUT2D eigenvalue weighted by Crippen LogP contribution is 2.32. The summed E-state index contributed by atoms with van der Waals surface area (Å²) < 4.78 is 0. The van der Waals surface area contributed by atoms with E-state index in [0.717, 1.165) is 65.9 Å². The van der Waals surface area contributed by atoms with Gasteiger partial charge in [0.15, 0.2) is 0 Å². The average Bonchev–Trinajstić information content (AvgIpc) is 2.98. The summed E-state index contributed by atoms with van der Waals surface area (Å²) >= 11 is 0. The lowest BCUT2D eigenvalue weighted by Crippen LogP contribution is -2.48. The predicted octanol–water partition coefficient (Wildman–Crippen LogP) is 5.81. The zero-order valence-corrected chi connectivity index (χ0v) is 23.2. The van der Waals surface area contributed by atoms with Gasteiger partial charge < -0.3 is 0 Å². The van der Waals surface area contributed by atoms with Gasteiger partial charge in [-0.05, 0) is 31.9 Å². The van der Waals surface area contributed by atoms with Gasteiger partial charge >= 0.3 is 0 Å². The molecule has 1 aliphatic rings. The molecule has 1 amide bonds. The second-order valence-corrected chi connectivity index (χ2v) is 10.6. The van der Waals surface area contributed by atoms with Crippen molar-refractivity contribution in [1.29, 1.82) is 0 Å². The van der Waals surface area contributed by atoms with Crippen LogP contribution in [-0.2, 0) is 6.54 Å². The fraction of sp³-hybridized carbons (Fsp3) is 0.333. The SMILES string of the molecule is CCC(NNC(=O)c1c(CN2CCN(C(C)C)CC2)c(-c2ccccc2)nc2ccccc12)c1ccccc1. The number of aromatic nitrogens is 1. The van der Waals surface area contributed by atoms with Crippen molar-refractivity contribution in [1.82, 2.24) is 25.6 Å². The summed E-state index contributed by atoms with van der Waals surface area (Å²) in [6, 6.07) is 29.0. The lowest BCUT2D eigenvalue weighted by molar-refractivity contribution is 0.0916. The molecule has 1 saturated heterocycles. The highest BCUT2D eigenvalue weighted by Gasteiger charge is 2.26. The summed E-state index contributed by atoms with van der Waals surface area (Å²) in [5.74, 6) is -0.129. The molecule has 6 heteroatoms. The monoisotopic (exact) mass is 521 g/mol. The van der Waals surface area contributed by atoms with Gasteiger partial charge in [0.1, 0.15) is 0 Å². The molecule has 5 rings (SSSR count). The van der Waals surface area contributed by atoms with Crippen LogP contribution in [0.15, 0.2) is 84.9 Å². The van der Waals surface area contributed by atoms with Crippen LogP contribution < -0.4 is 10.9 Å². The number of benzene rings is 3. The van der Waals surface area contributed by atoms with Gasteiger partial charge in [-0.1, -0.05) is 85.8 Å². The summed E-state index contributed by atoms with van der Waals surface area (Å²) in [4.78, 5) is 24.2. The Morgan fingerprint density at radius 3 is 2.18 bits per heavy atom.